The van der Waals surface area contributed by atoms with Crippen molar-refractivity contribution in [3.05, 3.63) is 53.1 Å². The Balaban J connectivity index is 2.32. The number of aromatic amines is 1. The second-order valence-corrected chi connectivity index (χ2v) is 3.51. The molecule has 2 nitrogen and oxygen atoms in total. The van der Waals surface area contributed by atoms with E-state index in [-0.39, 0.29) is 0 Å². The molecule has 0 fully saturated rings. The molecule has 2 rings (SSSR count). The van der Waals surface area contributed by atoms with Gasteiger partial charge < -0.3 is 4.98 Å². The summed E-state index contributed by atoms with van der Waals surface area (Å²) in [5.74, 6) is 6.79. The molecule has 2 heteroatoms. The van der Waals surface area contributed by atoms with Gasteiger partial charge in [0.1, 0.15) is 0 Å². The third-order valence-electron chi connectivity index (χ3n) is 2.20. The van der Waals surface area contributed by atoms with Gasteiger partial charge in [-0.05, 0) is 31.4 Å². The van der Waals surface area contributed by atoms with Crippen LogP contribution in [0.4, 0.5) is 0 Å². The van der Waals surface area contributed by atoms with Gasteiger partial charge in [-0.2, -0.15) is 0 Å². The maximum atomic E-state index is 4.05. The summed E-state index contributed by atoms with van der Waals surface area (Å²) >= 11 is 0. The minimum Gasteiger partial charge on any atom is -0.338 e. The van der Waals surface area contributed by atoms with Gasteiger partial charge in [-0.3, -0.25) is 0 Å². The Bertz CT molecular complexity index is 513. The minimum absolute atomic E-state index is 0.704. The lowest BCUT2D eigenvalue weighted by Crippen LogP contribution is -1.84. The topological polar surface area (TPSA) is 28.7 Å². The molecule has 74 valence electrons. The van der Waals surface area contributed by atoms with Crippen molar-refractivity contribution in [3.8, 4) is 11.8 Å². The van der Waals surface area contributed by atoms with Crippen LogP contribution < -0.4 is 0 Å². The van der Waals surface area contributed by atoms with Crippen molar-refractivity contribution >= 4 is 0 Å². The van der Waals surface area contributed by atoms with Crippen LogP contribution in [-0.2, 0) is 0 Å². The molecule has 0 saturated carbocycles. The first-order valence-corrected chi connectivity index (χ1v) is 4.84. The fourth-order valence-corrected chi connectivity index (χ4v) is 1.41. The Morgan fingerprint density at radius 2 is 2.07 bits per heavy atom. The molecule has 0 aliphatic heterocycles. The maximum Gasteiger partial charge on any atom is 0.182 e. The number of hydrogen-bond acceptors (Lipinski definition) is 1. The van der Waals surface area contributed by atoms with Crippen LogP contribution >= 0.6 is 0 Å². The van der Waals surface area contributed by atoms with Crippen LogP contribution in [0.3, 0.4) is 0 Å². The predicted molar refractivity (Wildman–Crippen MR) is 60.5 cm³/mol. The number of hydrogen-bond donors (Lipinski definition) is 1. The van der Waals surface area contributed by atoms with Crippen molar-refractivity contribution in [3.63, 3.8) is 0 Å². The Hall–Kier alpha value is -2.01. The molecule has 0 bridgehead atoms. The van der Waals surface area contributed by atoms with Gasteiger partial charge in [-0.1, -0.05) is 23.6 Å². The van der Waals surface area contributed by atoms with Crippen LogP contribution in [0, 0.1) is 25.7 Å². The molecule has 0 atom stereocenters. The van der Waals surface area contributed by atoms with E-state index in [0.29, 0.717) is 5.82 Å². The second kappa shape index (κ2) is 4.02. The first-order chi connectivity index (χ1) is 7.25. The summed E-state index contributed by atoms with van der Waals surface area (Å²) in [6, 6.07) is 6.24. The van der Waals surface area contributed by atoms with E-state index in [4.69, 9.17) is 0 Å². The van der Waals surface area contributed by atoms with E-state index in [9.17, 15) is 0 Å². The Morgan fingerprint density at radius 1 is 1.20 bits per heavy atom. The molecule has 0 amide bonds. The quantitative estimate of drug-likeness (QED) is 0.644. The SMILES string of the molecule is Cc1ccc(C#Cc2ncc[nH]2)c(C)c1. The van der Waals surface area contributed by atoms with Crippen LogP contribution in [0.1, 0.15) is 22.5 Å². The Kier molecular flexibility index (Phi) is 2.55. The van der Waals surface area contributed by atoms with Crippen LogP contribution in [-0.4, -0.2) is 9.97 Å². The lowest BCUT2D eigenvalue weighted by atomic mass is 10.1. The highest BCUT2D eigenvalue weighted by Crippen LogP contribution is 2.08. The number of benzene rings is 1. The average molecular weight is 196 g/mol. The van der Waals surface area contributed by atoms with Gasteiger partial charge in [0.25, 0.3) is 0 Å². The number of nitrogens with one attached hydrogen (secondary N) is 1. The molecule has 1 heterocycles. The van der Waals surface area contributed by atoms with E-state index in [2.05, 4.69) is 47.8 Å². The van der Waals surface area contributed by atoms with Gasteiger partial charge in [-0.15, -0.1) is 0 Å². The van der Waals surface area contributed by atoms with Crippen LogP contribution in [0.15, 0.2) is 30.6 Å². The summed E-state index contributed by atoms with van der Waals surface area (Å²) in [7, 11) is 0. The molecular formula is C13H12N2. The zero-order chi connectivity index (χ0) is 10.7. The first-order valence-electron chi connectivity index (χ1n) is 4.84. The fourth-order valence-electron chi connectivity index (χ4n) is 1.41. The smallest absolute Gasteiger partial charge is 0.182 e. The molecule has 1 N–H and O–H groups in total. The van der Waals surface area contributed by atoms with Gasteiger partial charge >= 0.3 is 0 Å². The van der Waals surface area contributed by atoms with Gasteiger partial charge in [-0.25, -0.2) is 4.98 Å². The van der Waals surface area contributed by atoms with E-state index >= 15 is 0 Å². The molecule has 0 unspecified atom stereocenters. The third kappa shape index (κ3) is 2.26. The van der Waals surface area contributed by atoms with Gasteiger partial charge in [0, 0.05) is 18.0 Å². The molecule has 1 aromatic heterocycles. The largest absolute Gasteiger partial charge is 0.338 e. The normalized spacial score (nSPS) is 9.47. The van der Waals surface area contributed by atoms with E-state index in [1.807, 2.05) is 6.07 Å². The monoisotopic (exact) mass is 196 g/mol. The summed E-state index contributed by atoms with van der Waals surface area (Å²) in [6.07, 6.45) is 3.47. The van der Waals surface area contributed by atoms with E-state index in [1.165, 1.54) is 11.1 Å². The van der Waals surface area contributed by atoms with Crippen molar-refractivity contribution < 1.29 is 0 Å². The van der Waals surface area contributed by atoms with Crippen LogP contribution in [0.2, 0.25) is 0 Å². The summed E-state index contributed by atoms with van der Waals surface area (Å²) < 4.78 is 0. The molecule has 1 aromatic carbocycles. The number of aryl methyl sites for hydroxylation is 2. The Morgan fingerprint density at radius 3 is 2.73 bits per heavy atom. The van der Waals surface area contributed by atoms with E-state index < -0.39 is 0 Å². The molecule has 0 spiro atoms. The number of nitrogens with zero attached hydrogens (tertiary/aromatic N) is 1. The third-order valence-corrected chi connectivity index (χ3v) is 2.20. The molecule has 15 heavy (non-hydrogen) atoms. The number of aromatic nitrogens is 2. The van der Waals surface area contributed by atoms with Gasteiger partial charge in [0.15, 0.2) is 5.82 Å². The van der Waals surface area contributed by atoms with Crippen LogP contribution in [0.25, 0.3) is 0 Å². The summed E-state index contributed by atoms with van der Waals surface area (Å²) in [4.78, 5) is 7.00. The molecule has 0 aliphatic carbocycles. The lowest BCUT2D eigenvalue weighted by Gasteiger charge is -1.98. The van der Waals surface area contributed by atoms with Crippen molar-refractivity contribution in [2.75, 3.05) is 0 Å². The summed E-state index contributed by atoms with van der Waals surface area (Å²) in [5.41, 5.74) is 3.52. The molecular weight excluding hydrogens is 184 g/mol. The molecule has 0 radical (unpaired) electrons. The van der Waals surface area contributed by atoms with Gasteiger partial charge in [0.2, 0.25) is 0 Å². The zero-order valence-electron chi connectivity index (χ0n) is 8.83. The first kappa shape index (κ1) is 9.54. The van der Waals surface area contributed by atoms with Crippen molar-refractivity contribution in [1.82, 2.24) is 9.97 Å². The van der Waals surface area contributed by atoms with Crippen LogP contribution in [0.5, 0.6) is 0 Å². The highest BCUT2D eigenvalue weighted by molar-refractivity contribution is 5.44. The molecule has 2 aromatic rings. The standard InChI is InChI=1S/C13H12N2/c1-10-3-4-12(11(2)9-10)5-6-13-14-7-8-15-13/h3-4,7-9H,1-2H3,(H,14,15). The van der Waals surface area contributed by atoms with Crippen molar-refractivity contribution in [2.24, 2.45) is 0 Å². The lowest BCUT2D eigenvalue weighted by molar-refractivity contribution is 1.25. The van der Waals surface area contributed by atoms with Gasteiger partial charge in [0.05, 0.1) is 0 Å². The molecule has 0 aliphatic rings. The summed E-state index contributed by atoms with van der Waals surface area (Å²) in [5, 5.41) is 0. The molecule has 0 saturated heterocycles. The number of H-pyrrole nitrogens is 1. The van der Waals surface area contributed by atoms with E-state index in [0.717, 1.165) is 5.56 Å². The Labute approximate surface area is 89.4 Å². The van der Waals surface area contributed by atoms with E-state index in [1.54, 1.807) is 12.4 Å². The number of rotatable bonds is 0. The number of imidazole rings is 1. The summed E-state index contributed by atoms with van der Waals surface area (Å²) in [6.45, 7) is 4.15. The highest BCUT2D eigenvalue weighted by Gasteiger charge is 1.94. The average Bonchev–Trinajstić information content (AvgIpc) is 2.69. The van der Waals surface area contributed by atoms with Crippen molar-refractivity contribution in [2.45, 2.75) is 13.8 Å². The van der Waals surface area contributed by atoms with Crippen molar-refractivity contribution in [1.29, 1.82) is 0 Å². The zero-order valence-corrected chi connectivity index (χ0v) is 8.83. The highest BCUT2D eigenvalue weighted by atomic mass is 14.9. The second-order valence-electron chi connectivity index (χ2n) is 3.51. The predicted octanol–water partition coefficient (Wildman–Crippen LogP) is 2.43. The maximum absolute atomic E-state index is 4.05. The minimum atomic E-state index is 0.704. The fraction of sp³-hybridized carbons (Fsp3) is 0.154.